The molecule has 0 radical (unpaired) electrons. The van der Waals surface area contributed by atoms with Crippen molar-refractivity contribution in [3.63, 3.8) is 0 Å². The zero-order chi connectivity index (χ0) is 20.1. The smallest absolute Gasteiger partial charge is 0.256 e. The molecule has 4 heterocycles. The Morgan fingerprint density at radius 3 is 2.79 bits per heavy atom. The molecule has 3 aromatic rings. The minimum Gasteiger partial charge on any atom is -0.387 e. The quantitative estimate of drug-likeness (QED) is 0.389. The van der Waals surface area contributed by atoms with Crippen molar-refractivity contribution >= 4 is 22.9 Å². The SMILES string of the molecule is CNC(=O)[C@H]1O[C@@H](n2cnc3c(NC4CC4)nc(-n4ccnn4)nc32)[C@H](O)[C@@H]1O. The Bertz CT molecular complexity index is 1050. The van der Waals surface area contributed by atoms with Gasteiger partial charge in [-0.3, -0.25) is 9.36 Å². The Labute approximate surface area is 163 Å². The van der Waals surface area contributed by atoms with E-state index in [1.165, 1.54) is 28.8 Å². The summed E-state index contributed by atoms with van der Waals surface area (Å²) in [4.78, 5) is 25.3. The van der Waals surface area contributed by atoms with E-state index < -0.39 is 30.4 Å². The van der Waals surface area contributed by atoms with Gasteiger partial charge in [0.05, 0.1) is 18.7 Å². The summed E-state index contributed by atoms with van der Waals surface area (Å²) in [6, 6.07) is 0.314. The highest BCUT2D eigenvalue weighted by molar-refractivity contribution is 5.84. The monoisotopic (exact) mass is 401 g/mol. The molecule has 0 bridgehead atoms. The van der Waals surface area contributed by atoms with Gasteiger partial charge in [-0.15, -0.1) is 5.10 Å². The lowest BCUT2D eigenvalue weighted by molar-refractivity contribution is -0.137. The topological polar surface area (TPSA) is 165 Å². The number of likely N-dealkylation sites (N-methyl/N-ethyl adjacent to an activating group) is 1. The molecule has 0 spiro atoms. The van der Waals surface area contributed by atoms with Gasteiger partial charge in [-0.2, -0.15) is 14.6 Å². The van der Waals surface area contributed by atoms with Crippen LogP contribution in [0.15, 0.2) is 18.7 Å². The predicted octanol–water partition coefficient (Wildman–Crippen LogP) is -1.65. The highest BCUT2D eigenvalue weighted by Crippen LogP contribution is 2.34. The minimum atomic E-state index is -1.39. The molecule has 13 heteroatoms. The summed E-state index contributed by atoms with van der Waals surface area (Å²) < 4.78 is 8.53. The number of aromatic nitrogens is 7. The van der Waals surface area contributed by atoms with Crippen LogP contribution in [0.4, 0.5) is 5.82 Å². The van der Waals surface area contributed by atoms with E-state index in [4.69, 9.17) is 4.74 Å². The second-order valence-electron chi connectivity index (χ2n) is 7.01. The van der Waals surface area contributed by atoms with Gasteiger partial charge in [0.1, 0.15) is 12.2 Å². The zero-order valence-corrected chi connectivity index (χ0v) is 15.4. The van der Waals surface area contributed by atoms with E-state index in [0.29, 0.717) is 23.0 Å². The fraction of sp³-hybridized carbons (Fsp3) is 0.500. The summed E-state index contributed by atoms with van der Waals surface area (Å²) >= 11 is 0. The van der Waals surface area contributed by atoms with Crippen molar-refractivity contribution in [2.45, 2.75) is 43.4 Å². The van der Waals surface area contributed by atoms with Crippen LogP contribution in [-0.4, -0.2) is 82.0 Å². The maximum atomic E-state index is 12.0. The number of imidazole rings is 1. The fourth-order valence-corrected chi connectivity index (χ4v) is 3.28. The number of nitrogens with one attached hydrogen (secondary N) is 2. The molecule has 0 aromatic carbocycles. The van der Waals surface area contributed by atoms with E-state index >= 15 is 0 Å². The number of nitrogens with zero attached hydrogens (tertiary/aromatic N) is 7. The minimum absolute atomic E-state index is 0.260. The average Bonchev–Trinajstić information content (AvgIpc) is 3.11. The van der Waals surface area contributed by atoms with Gasteiger partial charge in [0, 0.05) is 13.1 Å². The van der Waals surface area contributed by atoms with E-state index in [1.54, 1.807) is 6.20 Å². The maximum Gasteiger partial charge on any atom is 0.256 e. The van der Waals surface area contributed by atoms with Crippen molar-refractivity contribution in [1.82, 2.24) is 39.8 Å². The lowest BCUT2D eigenvalue weighted by Crippen LogP contribution is -2.41. The summed E-state index contributed by atoms with van der Waals surface area (Å²) in [6.07, 6.45) is 1.63. The van der Waals surface area contributed by atoms with E-state index in [0.717, 1.165) is 12.8 Å². The van der Waals surface area contributed by atoms with Gasteiger partial charge in [0.15, 0.2) is 29.3 Å². The van der Waals surface area contributed by atoms with Crippen LogP contribution in [-0.2, 0) is 9.53 Å². The number of anilines is 1. The molecule has 13 nitrogen and oxygen atoms in total. The summed E-state index contributed by atoms with van der Waals surface area (Å²) in [6.45, 7) is 0. The van der Waals surface area contributed by atoms with Crippen LogP contribution in [0.25, 0.3) is 17.1 Å². The molecule has 5 rings (SSSR count). The number of carbonyl (C=O) groups is 1. The molecule has 1 amide bonds. The average molecular weight is 401 g/mol. The molecule has 4 atom stereocenters. The number of aliphatic hydroxyl groups is 2. The van der Waals surface area contributed by atoms with E-state index in [-0.39, 0.29) is 5.95 Å². The van der Waals surface area contributed by atoms with Crippen molar-refractivity contribution in [3.8, 4) is 5.95 Å². The molecular weight excluding hydrogens is 382 g/mol. The number of aliphatic hydroxyl groups excluding tert-OH is 2. The number of amides is 1. The molecular formula is C16H19N9O4. The van der Waals surface area contributed by atoms with Gasteiger partial charge in [-0.05, 0) is 12.8 Å². The summed E-state index contributed by atoms with van der Waals surface area (Å²) in [5.41, 5.74) is 0.844. The van der Waals surface area contributed by atoms with E-state index in [2.05, 4.69) is 35.9 Å². The Hall–Kier alpha value is -3.16. The first kappa shape index (κ1) is 17.9. The van der Waals surface area contributed by atoms with Crippen LogP contribution < -0.4 is 10.6 Å². The molecule has 1 aliphatic heterocycles. The number of hydrogen-bond donors (Lipinski definition) is 4. The predicted molar refractivity (Wildman–Crippen MR) is 96.9 cm³/mol. The third-order valence-corrected chi connectivity index (χ3v) is 4.97. The molecule has 1 saturated carbocycles. The number of rotatable bonds is 5. The van der Waals surface area contributed by atoms with Crippen LogP contribution >= 0.6 is 0 Å². The number of fused-ring (bicyclic) bond motifs is 1. The normalized spacial score (nSPS) is 26.7. The van der Waals surface area contributed by atoms with Gasteiger partial charge in [-0.25, -0.2) is 4.98 Å². The highest BCUT2D eigenvalue weighted by atomic mass is 16.6. The Balaban J connectivity index is 1.59. The Morgan fingerprint density at radius 2 is 2.10 bits per heavy atom. The van der Waals surface area contributed by atoms with Crippen molar-refractivity contribution in [3.05, 3.63) is 18.7 Å². The third kappa shape index (κ3) is 2.99. The molecule has 1 aliphatic carbocycles. The van der Waals surface area contributed by atoms with Crippen molar-refractivity contribution < 1.29 is 19.7 Å². The van der Waals surface area contributed by atoms with Gasteiger partial charge < -0.3 is 25.6 Å². The molecule has 4 N–H and O–H groups in total. The van der Waals surface area contributed by atoms with Gasteiger partial charge in [0.25, 0.3) is 11.9 Å². The fourth-order valence-electron chi connectivity index (χ4n) is 3.28. The van der Waals surface area contributed by atoms with Crippen LogP contribution in [0.3, 0.4) is 0 Å². The summed E-state index contributed by atoms with van der Waals surface area (Å²) in [5.74, 6) is 0.255. The molecule has 0 unspecified atom stereocenters. The summed E-state index contributed by atoms with van der Waals surface area (Å²) in [7, 11) is 1.43. The Morgan fingerprint density at radius 1 is 1.28 bits per heavy atom. The van der Waals surface area contributed by atoms with Crippen molar-refractivity contribution in [1.29, 1.82) is 0 Å². The molecule has 152 valence electrons. The lowest BCUT2D eigenvalue weighted by atomic mass is 10.1. The highest BCUT2D eigenvalue weighted by Gasteiger charge is 2.47. The molecule has 1 saturated heterocycles. The molecule has 2 aliphatic rings. The number of ether oxygens (including phenoxy) is 1. The molecule has 29 heavy (non-hydrogen) atoms. The Kier molecular flexibility index (Phi) is 4.15. The first-order valence-electron chi connectivity index (χ1n) is 9.18. The van der Waals surface area contributed by atoms with Crippen LogP contribution in [0.2, 0.25) is 0 Å². The van der Waals surface area contributed by atoms with Gasteiger partial charge in [0.2, 0.25) is 0 Å². The number of carbonyl (C=O) groups excluding carboxylic acids is 1. The zero-order valence-electron chi connectivity index (χ0n) is 15.4. The second-order valence-corrected chi connectivity index (χ2v) is 7.01. The third-order valence-electron chi connectivity index (χ3n) is 4.97. The molecule has 3 aromatic heterocycles. The van der Waals surface area contributed by atoms with Crippen molar-refractivity contribution in [2.75, 3.05) is 12.4 Å². The lowest BCUT2D eigenvalue weighted by Gasteiger charge is -2.17. The van der Waals surface area contributed by atoms with Gasteiger partial charge >= 0.3 is 0 Å². The summed E-state index contributed by atoms with van der Waals surface area (Å²) in [5, 5.41) is 34.2. The van der Waals surface area contributed by atoms with Gasteiger partial charge in [-0.1, -0.05) is 5.21 Å². The second kappa shape index (κ2) is 6.72. The molecule has 2 fully saturated rings. The van der Waals surface area contributed by atoms with Crippen molar-refractivity contribution in [2.24, 2.45) is 0 Å². The number of hydrogen-bond acceptors (Lipinski definition) is 10. The maximum absolute atomic E-state index is 12.0. The van der Waals surface area contributed by atoms with Crippen LogP contribution in [0.1, 0.15) is 19.1 Å². The van der Waals surface area contributed by atoms with Crippen LogP contribution in [0, 0.1) is 0 Å². The van der Waals surface area contributed by atoms with E-state index in [1.807, 2.05) is 0 Å². The first-order chi connectivity index (χ1) is 14.1. The largest absolute Gasteiger partial charge is 0.387 e. The van der Waals surface area contributed by atoms with E-state index in [9.17, 15) is 15.0 Å². The first-order valence-corrected chi connectivity index (χ1v) is 9.18. The standard InChI is InChI=1S/C16H19N9O4/c1-17-14(28)11-9(26)10(27)15(29-11)24-6-18-8-12(20-7-2-3-7)21-16(22-13(8)24)25-5-4-19-23-25/h4-7,9-11,15,26-27H,2-3H2,1H3,(H,17,28)(H,20,21,22)/t9-,10+,11-,15+/m0/s1. The van der Waals surface area contributed by atoms with Crippen LogP contribution in [0.5, 0.6) is 0 Å².